The fourth-order valence-corrected chi connectivity index (χ4v) is 8.73. The molecule has 0 radical (unpaired) electrons. The van der Waals surface area contributed by atoms with Crippen LogP contribution in [0.2, 0.25) is 0 Å². The molecule has 0 N–H and O–H groups in total. The van der Waals surface area contributed by atoms with E-state index in [0.717, 1.165) is 132 Å². The Labute approximate surface area is 488 Å². The van der Waals surface area contributed by atoms with E-state index in [-0.39, 0.29) is 11.9 Å². The normalized spacial score (nSPS) is 12.0. The maximum atomic E-state index is 12.3. The van der Waals surface area contributed by atoms with Gasteiger partial charge in [0.05, 0.1) is 62.1 Å². The zero-order chi connectivity index (χ0) is 57.4. The highest BCUT2D eigenvalue weighted by molar-refractivity contribution is 5.91. The number of ether oxygens (including phenoxy) is 6. The van der Waals surface area contributed by atoms with Crippen molar-refractivity contribution in [3.05, 3.63) is 192 Å². The van der Waals surface area contributed by atoms with Crippen molar-refractivity contribution >= 4 is 35.7 Å². The van der Waals surface area contributed by atoms with Crippen LogP contribution in [-0.2, 0) is 9.47 Å². The topological polar surface area (TPSA) is 114 Å². The molecule has 0 aromatic heterocycles. The molecule has 2 unspecified atom stereocenters. The Hall–Kier alpha value is -7.98. The first kappa shape index (κ1) is 61.6. The molecule has 0 fully saturated rings. The van der Waals surface area contributed by atoms with E-state index in [0.29, 0.717) is 62.6 Å². The van der Waals surface area contributed by atoms with Crippen LogP contribution in [0.1, 0.15) is 149 Å². The van der Waals surface area contributed by atoms with E-state index in [1.54, 1.807) is 0 Å². The Morgan fingerprint density at radius 2 is 0.610 bits per heavy atom. The highest BCUT2D eigenvalue weighted by Crippen LogP contribution is 2.26. The lowest BCUT2D eigenvalue weighted by atomic mass is 10.0. The van der Waals surface area contributed by atoms with Crippen LogP contribution in [0.4, 0.5) is 11.4 Å². The third kappa shape index (κ3) is 22.2. The van der Waals surface area contributed by atoms with Gasteiger partial charge in [-0.3, -0.25) is 9.98 Å². The van der Waals surface area contributed by atoms with Crippen molar-refractivity contribution in [2.24, 2.45) is 21.8 Å². The molecular formula is C72H84N2O8. The van der Waals surface area contributed by atoms with E-state index >= 15 is 0 Å². The van der Waals surface area contributed by atoms with Crippen molar-refractivity contribution in [2.45, 2.75) is 118 Å². The molecule has 0 spiro atoms. The minimum atomic E-state index is -0.273. The first-order chi connectivity index (χ1) is 40.2. The smallest absolute Gasteiger partial charge is 0.338 e. The maximum absolute atomic E-state index is 12.3. The molecule has 82 heavy (non-hydrogen) atoms. The van der Waals surface area contributed by atoms with Crippen molar-refractivity contribution in [3.8, 4) is 45.3 Å². The molecule has 430 valence electrons. The molecule has 0 heterocycles. The second-order valence-electron chi connectivity index (χ2n) is 21.2. The summed E-state index contributed by atoms with van der Waals surface area (Å²) in [6.07, 6.45) is 19.1. The molecule has 7 aromatic rings. The van der Waals surface area contributed by atoms with Crippen molar-refractivity contribution in [3.63, 3.8) is 0 Å². The Kier molecular flexibility index (Phi) is 26.3. The van der Waals surface area contributed by atoms with E-state index in [9.17, 15) is 9.59 Å². The van der Waals surface area contributed by atoms with Crippen molar-refractivity contribution in [2.75, 3.05) is 39.6 Å². The lowest BCUT2D eigenvalue weighted by Gasteiger charge is -2.10. The van der Waals surface area contributed by atoms with Crippen LogP contribution in [0.25, 0.3) is 22.3 Å². The van der Waals surface area contributed by atoms with Crippen LogP contribution in [-0.4, -0.2) is 64.0 Å². The van der Waals surface area contributed by atoms with Crippen LogP contribution in [0, 0.1) is 11.8 Å². The van der Waals surface area contributed by atoms with E-state index < -0.39 is 0 Å². The van der Waals surface area contributed by atoms with Gasteiger partial charge >= 0.3 is 11.9 Å². The van der Waals surface area contributed by atoms with E-state index in [1.807, 2.05) is 158 Å². The molecule has 0 aliphatic heterocycles. The van der Waals surface area contributed by atoms with Crippen molar-refractivity contribution in [1.82, 2.24) is 0 Å². The Bertz CT molecular complexity index is 2770. The Morgan fingerprint density at radius 3 is 0.890 bits per heavy atom. The summed E-state index contributed by atoms with van der Waals surface area (Å²) in [6.45, 7) is 12.1. The van der Waals surface area contributed by atoms with Crippen LogP contribution in [0.5, 0.6) is 23.0 Å². The van der Waals surface area contributed by atoms with E-state index in [4.69, 9.17) is 28.4 Å². The fourth-order valence-electron chi connectivity index (χ4n) is 8.73. The quantitative estimate of drug-likeness (QED) is 0.0217. The molecule has 2 atom stereocenters. The predicted molar refractivity (Wildman–Crippen MR) is 334 cm³/mol. The largest absolute Gasteiger partial charge is 0.494 e. The average Bonchev–Trinajstić information content (AvgIpc) is 3.58. The van der Waals surface area contributed by atoms with Gasteiger partial charge in [0, 0.05) is 12.4 Å². The minimum Gasteiger partial charge on any atom is -0.494 e. The van der Waals surface area contributed by atoms with E-state index in [2.05, 4.69) is 61.9 Å². The number of carbonyl (C=O) groups excluding carboxylic acids is 2. The van der Waals surface area contributed by atoms with Gasteiger partial charge in [-0.2, -0.15) is 0 Å². The molecule has 0 aliphatic carbocycles. The molecule has 0 saturated carbocycles. The number of unbranched alkanes of at least 4 members (excludes halogenated alkanes) is 10. The summed E-state index contributed by atoms with van der Waals surface area (Å²) in [5.74, 6) is 3.66. The molecular weight excluding hydrogens is 1020 g/mol. The zero-order valence-electron chi connectivity index (χ0n) is 48.8. The van der Waals surface area contributed by atoms with Gasteiger partial charge in [0.2, 0.25) is 0 Å². The summed E-state index contributed by atoms with van der Waals surface area (Å²) >= 11 is 0. The maximum Gasteiger partial charge on any atom is 0.338 e. The highest BCUT2D eigenvalue weighted by atomic mass is 16.5. The highest BCUT2D eigenvalue weighted by Gasteiger charge is 2.12. The number of hydrogen-bond acceptors (Lipinski definition) is 10. The molecule has 7 aromatic carbocycles. The third-order valence-electron chi connectivity index (χ3n) is 14.5. The first-order valence-electron chi connectivity index (χ1n) is 29.9. The van der Waals surface area contributed by atoms with Crippen LogP contribution >= 0.6 is 0 Å². The van der Waals surface area contributed by atoms with Gasteiger partial charge in [0.25, 0.3) is 0 Å². The predicted octanol–water partition coefficient (Wildman–Crippen LogP) is 18.5. The third-order valence-corrected chi connectivity index (χ3v) is 14.5. The lowest BCUT2D eigenvalue weighted by molar-refractivity contribution is 0.0438. The summed E-state index contributed by atoms with van der Waals surface area (Å²) in [7, 11) is 0. The van der Waals surface area contributed by atoms with Gasteiger partial charge in [0.1, 0.15) is 23.0 Å². The fraction of sp³-hybridized carbons (Fsp3) is 0.361. The first-order valence-corrected chi connectivity index (χ1v) is 29.9. The van der Waals surface area contributed by atoms with E-state index in [1.165, 1.54) is 25.7 Å². The monoisotopic (exact) mass is 1100 g/mol. The van der Waals surface area contributed by atoms with Crippen LogP contribution < -0.4 is 18.9 Å². The molecule has 0 saturated heterocycles. The summed E-state index contributed by atoms with van der Waals surface area (Å²) < 4.78 is 34.9. The standard InChI is InChI=1S/C72H84N2O8/c1-5-55(3)53-81-71(75)63-27-23-59(24-28-63)61-31-43-69(44-32-61)79-49-17-13-9-7-11-15-47-77-67-39-19-57(20-40-67)51-73-65-35-37-66(38-36-65)74-52-58-21-41-68(42-22-58)78-48-16-12-8-10-14-18-50-80-70-45-33-62(34-46-70)60-25-29-64(30-26-60)72(76)82-54-56(4)6-2/h19-46,51-52,55-56H,5-18,47-50,53-54H2,1-4H3. The number of aliphatic imine (C=N–C) groups is 2. The molecule has 0 aliphatic rings. The molecule has 0 amide bonds. The Balaban J connectivity index is 0.665. The second kappa shape index (κ2) is 35.0. The SMILES string of the molecule is CCC(C)COC(=O)c1ccc(-c2ccc(OCCCCCCCCOc3ccc(C=Nc4ccc(N=Cc5ccc(OCCCCCCCCOc6ccc(-c7ccc(C(=O)OCC(C)CC)cc7)cc6)cc5)cc4)cc3)cc2)cc1. The Morgan fingerprint density at radius 1 is 0.354 bits per heavy atom. The van der Waals surface area contributed by atoms with Gasteiger partial charge in [-0.1, -0.05) is 140 Å². The van der Waals surface area contributed by atoms with Gasteiger partial charge in [-0.25, -0.2) is 9.59 Å². The van der Waals surface area contributed by atoms with Crippen LogP contribution in [0.3, 0.4) is 0 Å². The summed E-state index contributed by atoms with van der Waals surface area (Å²) in [5.41, 5.74) is 9.15. The van der Waals surface area contributed by atoms with Crippen LogP contribution in [0.15, 0.2) is 180 Å². The molecule has 0 bridgehead atoms. The molecule has 10 nitrogen and oxygen atoms in total. The number of nitrogens with zero attached hydrogens (tertiary/aromatic N) is 2. The summed E-state index contributed by atoms with van der Waals surface area (Å²) in [6, 6.07) is 55.5. The summed E-state index contributed by atoms with van der Waals surface area (Å²) in [5, 5.41) is 0. The second-order valence-corrected chi connectivity index (χ2v) is 21.2. The number of carbonyl (C=O) groups is 2. The number of rotatable bonds is 36. The molecule has 7 rings (SSSR count). The number of esters is 2. The zero-order valence-corrected chi connectivity index (χ0v) is 48.8. The summed E-state index contributed by atoms with van der Waals surface area (Å²) in [4.78, 5) is 34.0. The van der Waals surface area contributed by atoms with Gasteiger partial charge in [-0.15, -0.1) is 0 Å². The number of hydrogen-bond donors (Lipinski definition) is 0. The van der Waals surface area contributed by atoms with Gasteiger partial charge in [0.15, 0.2) is 0 Å². The molecule has 10 heteroatoms. The van der Waals surface area contributed by atoms with Crippen molar-refractivity contribution < 1.29 is 38.0 Å². The van der Waals surface area contributed by atoms with Crippen molar-refractivity contribution in [1.29, 1.82) is 0 Å². The van der Waals surface area contributed by atoms with Gasteiger partial charge in [-0.05, 0) is 192 Å². The minimum absolute atomic E-state index is 0.273. The average molecular weight is 1110 g/mol. The van der Waals surface area contributed by atoms with Gasteiger partial charge < -0.3 is 28.4 Å². The lowest BCUT2D eigenvalue weighted by Crippen LogP contribution is -2.11. The number of benzene rings is 7.